The zero-order chi connectivity index (χ0) is 28.5. The molecule has 12 heteroatoms. The Labute approximate surface area is 235 Å². The maximum atomic E-state index is 13.8. The number of nitrogens with zero attached hydrogens (tertiary/aromatic N) is 2. The summed E-state index contributed by atoms with van der Waals surface area (Å²) in [4.78, 5) is 28.3. The molecule has 0 aromatic heterocycles. The van der Waals surface area contributed by atoms with Gasteiger partial charge in [0.25, 0.3) is 0 Å². The number of sulfonamides is 1. The van der Waals surface area contributed by atoms with Crippen LogP contribution in [0, 0.1) is 0 Å². The average Bonchev–Trinajstić information content (AvgIpc) is 2.88. The van der Waals surface area contributed by atoms with E-state index in [0.717, 1.165) is 23.4 Å². The Hall–Kier alpha value is -2.69. The van der Waals surface area contributed by atoms with Gasteiger partial charge in [0.15, 0.2) is 0 Å². The third-order valence-electron chi connectivity index (χ3n) is 5.89. The van der Waals surface area contributed by atoms with E-state index >= 15 is 0 Å². The van der Waals surface area contributed by atoms with Crippen molar-refractivity contribution in [3.05, 3.63) is 52.0 Å². The van der Waals surface area contributed by atoms with Crippen molar-refractivity contribution >= 4 is 50.7 Å². The molecule has 1 N–H and O–H groups in total. The van der Waals surface area contributed by atoms with Crippen molar-refractivity contribution in [3.8, 4) is 11.5 Å². The third kappa shape index (κ3) is 8.41. The summed E-state index contributed by atoms with van der Waals surface area (Å²) >= 11 is 12.3. The molecule has 0 heterocycles. The molecule has 210 valence electrons. The summed E-state index contributed by atoms with van der Waals surface area (Å²) in [6, 6.07) is 8.70. The van der Waals surface area contributed by atoms with Crippen LogP contribution in [0.4, 0.5) is 5.69 Å². The first-order valence-corrected chi connectivity index (χ1v) is 14.8. The van der Waals surface area contributed by atoms with Crippen LogP contribution in [0.25, 0.3) is 0 Å². The fourth-order valence-corrected chi connectivity index (χ4v) is 5.02. The van der Waals surface area contributed by atoms with Gasteiger partial charge in [-0.25, -0.2) is 8.42 Å². The number of methoxy groups -OCH3 is 2. The van der Waals surface area contributed by atoms with E-state index in [1.54, 1.807) is 31.2 Å². The van der Waals surface area contributed by atoms with E-state index in [0.29, 0.717) is 34.3 Å². The van der Waals surface area contributed by atoms with E-state index in [9.17, 15) is 18.0 Å². The number of rotatable bonds is 14. The van der Waals surface area contributed by atoms with Gasteiger partial charge in [0.1, 0.15) is 24.1 Å². The molecule has 2 amide bonds. The number of ether oxygens (including phenoxy) is 2. The maximum Gasteiger partial charge on any atom is 0.244 e. The molecule has 0 bridgehead atoms. The second-order valence-corrected chi connectivity index (χ2v) is 11.4. The van der Waals surface area contributed by atoms with E-state index in [2.05, 4.69) is 5.32 Å². The van der Waals surface area contributed by atoms with E-state index in [1.165, 1.54) is 31.3 Å². The van der Waals surface area contributed by atoms with Crippen LogP contribution in [0.3, 0.4) is 0 Å². The highest BCUT2D eigenvalue weighted by molar-refractivity contribution is 7.92. The fraction of sp³-hybridized carbons (Fsp3) is 0.462. The molecule has 0 aliphatic rings. The summed E-state index contributed by atoms with van der Waals surface area (Å²) < 4.78 is 37.3. The van der Waals surface area contributed by atoms with E-state index in [-0.39, 0.29) is 23.9 Å². The van der Waals surface area contributed by atoms with Gasteiger partial charge in [-0.1, -0.05) is 49.5 Å². The standard InChI is InChI=1S/C26H35Cl2N3O6S/c1-6-8-13-29-26(33)22(7-2)30(16-18-9-11-20(27)21(28)14-18)25(32)17-31(38(5,34)35)23-12-10-19(36-3)15-24(23)37-4/h9-12,14-15,22H,6-8,13,16-17H2,1-5H3,(H,29,33)/t22-/m0/s1. The average molecular weight is 589 g/mol. The SMILES string of the molecule is CCCCNC(=O)[C@H](CC)N(Cc1ccc(Cl)c(Cl)c1)C(=O)CN(c1ccc(OC)cc1OC)S(C)(=O)=O. The van der Waals surface area contributed by atoms with E-state index in [1.807, 2.05) is 6.92 Å². The molecule has 1 atom stereocenters. The van der Waals surface area contributed by atoms with Gasteiger partial charge in [0.05, 0.1) is 36.2 Å². The number of unbranched alkanes of at least 4 members (excludes halogenated alkanes) is 1. The van der Waals surface area contributed by atoms with Crippen molar-refractivity contribution in [3.63, 3.8) is 0 Å². The summed E-state index contributed by atoms with van der Waals surface area (Å²) in [6.07, 6.45) is 3.01. The zero-order valence-electron chi connectivity index (χ0n) is 22.3. The van der Waals surface area contributed by atoms with E-state index in [4.69, 9.17) is 32.7 Å². The molecule has 0 aliphatic carbocycles. The quantitative estimate of drug-likeness (QED) is 0.326. The van der Waals surface area contributed by atoms with Gasteiger partial charge < -0.3 is 19.7 Å². The Morgan fingerprint density at radius 1 is 1.03 bits per heavy atom. The van der Waals surface area contributed by atoms with Crippen molar-refractivity contribution in [2.45, 2.75) is 45.7 Å². The topological polar surface area (TPSA) is 105 Å². The fourth-order valence-electron chi connectivity index (χ4n) is 3.85. The summed E-state index contributed by atoms with van der Waals surface area (Å²) in [7, 11) is -1.06. The Morgan fingerprint density at radius 2 is 1.74 bits per heavy atom. The Morgan fingerprint density at radius 3 is 2.29 bits per heavy atom. The summed E-state index contributed by atoms with van der Waals surface area (Å²) in [5.41, 5.74) is 0.805. The number of carbonyl (C=O) groups excluding carboxylic acids is 2. The van der Waals surface area contributed by atoms with E-state index < -0.39 is 28.5 Å². The van der Waals surface area contributed by atoms with Crippen LogP contribution in [0.5, 0.6) is 11.5 Å². The van der Waals surface area contributed by atoms with Gasteiger partial charge in [-0.3, -0.25) is 13.9 Å². The lowest BCUT2D eigenvalue weighted by atomic mass is 10.1. The van der Waals surface area contributed by atoms with Crippen LogP contribution in [0.15, 0.2) is 36.4 Å². The van der Waals surface area contributed by atoms with Gasteiger partial charge in [-0.2, -0.15) is 0 Å². The number of hydrogen-bond acceptors (Lipinski definition) is 6. The smallest absolute Gasteiger partial charge is 0.244 e. The predicted molar refractivity (Wildman–Crippen MR) is 151 cm³/mol. The van der Waals surface area contributed by atoms with Crippen molar-refractivity contribution in [2.75, 3.05) is 37.9 Å². The zero-order valence-corrected chi connectivity index (χ0v) is 24.6. The number of benzene rings is 2. The highest BCUT2D eigenvalue weighted by Gasteiger charge is 2.32. The number of carbonyl (C=O) groups is 2. The second-order valence-electron chi connectivity index (χ2n) is 8.65. The Bertz CT molecular complexity index is 1230. The minimum atomic E-state index is -3.93. The number of nitrogens with one attached hydrogen (secondary N) is 1. The molecule has 0 unspecified atom stereocenters. The molecule has 0 aliphatic heterocycles. The Balaban J connectivity index is 2.50. The monoisotopic (exact) mass is 587 g/mol. The predicted octanol–water partition coefficient (Wildman–Crippen LogP) is 4.50. The lowest BCUT2D eigenvalue weighted by Crippen LogP contribution is -2.52. The molecule has 2 rings (SSSR count). The minimum absolute atomic E-state index is 0.0206. The molecule has 0 spiro atoms. The molecule has 2 aromatic carbocycles. The summed E-state index contributed by atoms with van der Waals surface area (Å²) in [5, 5.41) is 3.53. The maximum absolute atomic E-state index is 13.8. The number of anilines is 1. The van der Waals surface area contributed by atoms with Gasteiger partial charge in [-0.15, -0.1) is 0 Å². The lowest BCUT2D eigenvalue weighted by Gasteiger charge is -2.33. The molecule has 0 saturated carbocycles. The highest BCUT2D eigenvalue weighted by atomic mass is 35.5. The van der Waals surface area contributed by atoms with Crippen molar-refractivity contribution in [1.82, 2.24) is 10.2 Å². The van der Waals surface area contributed by atoms with Gasteiger partial charge in [-0.05, 0) is 42.7 Å². The van der Waals surface area contributed by atoms with Crippen LogP contribution in [-0.4, -0.2) is 64.7 Å². The molecule has 0 fully saturated rings. The molecule has 38 heavy (non-hydrogen) atoms. The summed E-state index contributed by atoms with van der Waals surface area (Å²) in [5.74, 6) is -0.219. The van der Waals surface area contributed by atoms with Gasteiger partial charge >= 0.3 is 0 Å². The first-order valence-electron chi connectivity index (χ1n) is 12.2. The largest absolute Gasteiger partial charge is 0.497 e. The van der Waals surface area contributed by atoms with Crippen LogP contribution in [-0.2, 0) is 26.2 Å². The van der Waals surface area contributed by atoms with Gasteiger partial charge in [0.2, 0.25) is 21.8 Å². The Kier molecular flexibility index (Phi) is 12.0. The highest BCUT2D eigenvalue weighted by Crippen LogP contribution is 2.34. The minimum Gasteiger partial charge on any atom is -0.497 e. The molecule has 0 radical (unpaired) electrons. The second kappa shape index (κ2) is 14.5. The molecule has 2 aromatic rings. The lowest BCUT2D eigenvalue weighted by molar-refractivity contribution is -0.140. The summed E-state index contributed by atoms with van der Waals surface area (Å²) in [6.45, 7) is 3.74. The first kappa shape index (κ1) is 31.5. The first-order chi connectivity index (χ1) is 18.0. The van der Waals surface area contributed by atoms with Crippen LogP contribution in [0.1, 0.15) is 38.7 Å². The molecular weight excluding hydrogens is 553 g/mol. The number of amides is 2. The van der Waals surface area contributed by atoms with Gasteiger partial charge in [0, 0.05) is 19.2 Å². The van der Waals surface area contributed by atoms with Crippen molar-refractivity contribution in [1.29, 1.82) is 0 Å². The van der Waals surface area contributed by atoms with Crippen molar-refractivity contribution in [2.24, 2.45) is 0 Å². The molecule has 0 saturated heterocycles. The normalized spacial score (nSPS) is 12.0. The third-order valence-corrected chi connectivity index (χ3v) is 7.75. The molecule has 9 nitrogen and oxygen atoms in total. The molecular formula is C26H35Cl2N3O6S. The van der Waals surface area contributed by atoms with Crippen LogP contribution in [0.2, 0.25) is 10.0 Å². The van der Waals surface area contributed by atoms with Crippen LogP contribution >= 0.6 is 23.2 Å². The number of halogens is 2. The number of hydrogen-bond donors (Lipinski definition) is 1. The van der Waals surface area contributed by atoms with Crippen molar-refractivity contribution < 1.29 is 27.5 Å². The van der Waals surface area contributed by atoms with Crippen LogP contribution < -0.4 is 19.1 Å².